The molecule has 112 valence electrons. The van der Waals surface area contributed by atoms with Gasteiger partial charge in [0.1, 0.15) is 6.04 Å². The lowest BCUT2D eigenvalue weighted by atomic mass is 9.96. The van der Waals surface area contributed by atoms with Crippen LogP contribution < -0.4 is 9.47 Å². The molecule has 2 amide bonds. The van der Waals surface area contributed by atoms with Crippen LogP contribution in [0.3, 0.4) is 0 Å². The summed E-state index contributed by atoms with van der Waals surface area (Å²) in [5.74, 6) is 1.15. The Bertz CT molecular complexity index is 601. The maximum absolute atomic E-state index is 12.8. The Morgan fingerprint density at radius 2 is 1.95 bits per heavy atom. The van der Waals surface area contributed by atoms with E-state index in [9.17, 15) is 9.59 Å². The summed E-state index contributed by atoms with van der Waals surface area (Å²) in [5, 5.41) is 0. The van der Waals surface area contributed by atoms with Gasteiger partial charge in [-0.05, 0) is 24.6 Å². The first-order valence-corrected chi connectivity index (χ1v) is 6.98. The number of ketones is 1. The van der Waals surface area contributed by atoms with Gasteiger partial charge in [-0.1, -0.05) is 6.92 Å². The highest BCUT2D eigenvalue weighted by molar-refractivity contribution is 6.04. The van der Waals surface area contributed by atoms with Crippen LogP contribution in [0.4, 0.5) is 4.79 Å². The Labute approximate surface area is 123 Å². The first-order valence-electron chi connectivity index (χ1n) is 6.98. The molecule has 0 N–H and O–H groups in total. The van der Waals surface area contributed by atoms with Gasteiger partial charge in [-0.25, -0.2) is 4.79 Å². The van der Waals surface area contributed by atoms with Crippen molar-refractivity contribution in [1.29, 1.82) is 0 Å². The molecule has 2 atom stereocenters. The third-order valence-electron chi connectivity index (χ3n) is 4.23. The predicted octanol–water partition coefficient (Wildman–Crippen LogP) is 1.74. The lowest BCUT2D eigenvalue weighted by Gasteiger charge is -2.22. The van der Waals surface area contributed by atoms with Gasteiger partial charge in [0.15, 0.2) is 17.3 Å². The zero-order valence-electron chi connectivity index (χ0n) is 12.3. The van der Waals surface area contributed by atoms with Crippen molar-refractivity contribution in [3.05, 3.63) is 23.8 Å². The summed E-state index contributed by atoms with van der Waals surface area (Å²) < 4.78 is 10.6. The number of Topliss-reactive ketones (excluding diaryl/α,β-unsaturated/α-hetero) is 1. The van der Waals surface area contributed by atoms with Crippen molar-refractivity contribution in [1.82, 2.24) is 9.80 Å². The van der Waals surface area contributed by atoms with Crippen molar-refractivity contribution in [2.45, 2.75) is 25.4 Å². The normalized spacial score (nSPS) is 23.9. The Balaban J connectivity index is 1.92. The second-order valence-electron chi connectivity index (χ2n) is 5.36. The van der Waals surface area contributed by atoms with Gasteiger partial charge in [-0.2, -0.15) is 0 Å². The second-order valence-corrected chi connectivity index (χ2v) is 5.36. The number of ether oxygens (including phenoxy) is 2. The molecule has 2 unspecified atom stereocenters. The average Bonchev–Trinajstić information content (AvgIpc) is 3.04. The van der Waals surface area contributed by atoms with E-state index < -0.39 is 6.04 Å². The number of likely N-dealkylation sites (N-methyl/N-ethyl adjacent to an activating group) is 2. The molecule has 21 heavy (non-hydrogen) atoms. The molecule has 1 fully saturated rings. The highest BCUT2D eigenvalue weighted by Crippen LogP contribution is 2.34. The van der Waals surface area contributed by atoms with Crippen LogP contribution in [0, 0.1) is 0 Å². The van der Waals surface area contributed by atoms with Crippen LogP contribution in [0.15, 0.2) is 18.2 Å². The summed E-state index contributed by atoms with van der Waals surface area (Å²) in [6.07, 6.45) is 0.730. The number of hydrogen-bond donors (Lipinski definition) is 0. The third kappa shape index (κ3) is 2.02. The van der Waals surface area contributed by atoms with Gasteiger partial charge in [0.25, 0.3) is 0 Å². The molecule has 0 saturated carbocycles. The average molecular weight is 290 g/mol. The molecule has 6 heteroatoms. The lowest BCUT2D eigenvalue weighted by molar-refractivity contribution is 0.0878. The van der Waals surface area contributed by atoms with Crippen LogP contribution in [0.25, 0.3) is 0 Å². The molecule has 3 rings (SSSR count). The van der Waals surface area contributed by atoms with Gasteiger partial charge >= 0.3 is 6.03 Å². The number of carbonyl (C=O) groups is 2. The summed E-state index contributed by atoms with van der Waals surface area (Å²) >= 11 is 0. The Morgan fingerprint density at radius 1 is 1.24 bits per heavy atom. The minimum absolute atomic E-state index is 0.0691. The zero-order valence-corrected chi connectivity index (χ0v) is 12.3. The number of carbonyl (C=O) groups excluding carboxylic acids is 2. The van der Waals surface area contributed by atoms with Crippen molar-refractivity contribution in [2.75, 3.05) is 20.9 Å². The summed E-state index contributed by atoms with van der Waals surface area (Å²) in [4.78, 5) is 28.0. The largest absolute Gasteiger partial charge is 0.454 e. The maximum atomic E-state index is 12.8. The highest BCUT2D eigenvalue weighted by Gasteiger charge is 2.45. The first-order chi connectivity index (χ1) is 10.0. The fourth-order valence-electron chi connectivity index (χ4n) is 3.05. The smallest absolute Gasteiger partial charge is 0.320 e. The van der Waals surface area contributed by atoms with E-state index in [-0.39, 0.29) is 24.6 Å². The number of benzene rings is 1. The van der Waals surface area contributed by atoms with Gasteiger partial charge < -0.3 is 19.3 Å². The van der Waals surface area contributed by atoms with E-state index in [1.807, 2.05) is 6.92 Å². The van der Waals surface area contributed by atoms with E-state index in [0.29, 0.717) is 17.1 Å². The molecule has 0 bridgehead atoms. The maximum Gasteiger partial charge on any atom is 0.320 e. The SMILES string of the molecule is CCC1C(C(=O)c2ccc3c(c2)OCO3)N(C)C(=O)N1C. The summed E-state index contributed by atoms with van der Waals surface area (Å²) in [5.41, 5.74) is 0.539. The minimum atomic E-state index is -0.465. The third-order valence-corrected chi connectivity index (χ3v) is 4.23. The van der Waals surface area contributed by atoms with E-state index >= 15 is 0 Å². The molecule has 2 heterocycles. The summed E-state index contributed by atoms with van der Waals surface area (Å²) in [6, 6.07) is 4.44. The van der Waals surface area contributed by atoms with Crippen LogP contribution >= 0.6 is 0 Å². The molecule has 2 aliphatic rings. The lowest BCUT2D eigenvalue weighted by Crippen LogP contribution is -2.41. The zero-order chi connectivity index (χ0) is 15.1. The number of rotatable bonds is 3. The number of nitrogens with zero attached hydrogens (tertiary/aromatic N) is 2. The fraction of sp³-hybridized carbons (Fsp3) is 0.467. The van der Waals surface area contributed by atoms with Gasteiger partial charge in [0.05, 0.1) is 6.04 Å². The quantitative estimate of drug-likeness (QED) is 0.796. The first kappa shape index (κ1) is 13.7. The number of urea groups is 1. The van der Waals surface area contributed by atoms with E-state index in [0.717, 1.165) is 6.42 Å². The predicted molar refractivity (Wildman–Crippen MR) is 75.7 cm³/mol. The van der Waals surface area contributed by atoms with Crippen LogP contribution in [0.1, 0.15) is 23.7 Å². The number of amides is 2. The molecule has 1 aromatic rings. The fourth-order valence-corrected chi connectivity index (χ4v) is 3.05. The standard InChI is InChI=1S/C15H18N2O4/c1-4-10-13(17(3)15(19)16(10)2)14(18)9-5-6-11-12(7-9)21-8-20-11/h5-7,10,13H,4,8H2,1-3H3. The van der Waals surface area contributed by atoms with Crippen LogP contribution in [-0.2, 0) is 0 Å². The van der Waals surface area contributed by atoms with E-state index in [1.54, 1.807) is 37.2 Å². The molecule has 0 aliphatic carbocycles. The molecule has 0 spiro atoms. The number of fused-ring (bicyclic) bond motifs is 1. The second kappa shape index (κ2) is 4.95. The Morgan fingerprint density at radius 3 is 2.67 bits per heavy atom. The van der Waals surface area contributed by atoms with Gasteiger partial charge in [-0.15, -0.1) is 0 Å². The molecule has 1 saturated heterocycles. The Hall–Kier alpha value is -2.24. The van der Waals surface area contributed by atoms with Crippen LogP contribution in [0.2, 0.25) is 0 Å². The summed E-state index contributed by atoms with van der Waals surface area (Å²) in [6.45, 7) is 2.16. The topological polar surface area (TPSA) is 59.1 Å². The monoisotopic (exact) mass is 290 g/mol. The van der Waals surface area contributed by atoms with Crippen LogP contribution in [-0.4, -0.2) is 54.6 Å². The van der Waals surface area contributed by atoms with E-state index in [4.69, 9.17) is 9.47 Å². The molecular weight excluding hydrogens is 272 g/mol. The van der Waals surface area contributed by atoms with Crippen molar-refractivity contribution in [3.63, 3.8) is 0 Å². The van der Waals surface area contributed by atoms with E-state index in [1.165, 1.54) is 4.90 Å². The van der Waals surface area contributed by atoms with Gasteiger partial charge in [0.2, 0.25) is 6.79 Å². The Kier molecular flexibility index (Phi) is 3.23. The van der Waals surface area contributed by atoms with Crippen molar-refractivity contribution < 1.29 is 19.1 Å². The molecule has 6 nitrogen and oxygen atoms in total. The van der Waals surface area contributed by atoms with Crippen molar-refractivity contribution >= 4 is 11.8 Å². The van der Waals surface area contributed by atoms with Crippen molar-refractivity contribution in [2.24, 2.45) is 0 Å². The molecule has 1 aromatic carbocycles. The summed E-state index contributed by atoms with van der Waals surface area (Å²) in [7, 11) is 3.41. The number of hydrogen-bond acceptors (Lipinski definition) is 4. The van der Waals surface area contributed by atoms with Gasteiger partial charge in [0, 0.05) is 19.7 Å². The molecule has 2 aliphatic heterocycles. The van der Waals surface area contributed by atoms with E-state index in [2.05, 4.69) is 0 Å². The highest BCUT2D eigenvalue weighted by atomic mass is 16.7. The van der Waals surface area contributed by atoms with Crippen LogP contribution in [0.5, 0.6) is 11.5 Å². The minimum Gasteiger partial charge on any atom is -0.454 e. The molecule has 0 aromatic heterocycles. The van der Waals surface area contributed by atoms with Crippen molar-refractivity contribution in [3.8, 4) is 11.5 Å². The van der Waals surface area contributed by atoms with Gasteiger partial charge in [-0.3, -0.25) is 4.79 Å². The molecule has 0 radical (unpaired) electrons. The molecular formula is C15H18N2O4.